The van der Waals surface area contributed by atoms with Gasteiger partial charge in [-0.2, -0.15) is 0 Å². The molecule has 1 amide bonds. The van der Waals surface area contributed by atoms with Crippen molar-refractivity contribution in [2.75, 3.05) is 13.1 Å². The van der Waals surface area contributed by atoms with Crippen LogP contribution in [0.1, 0.15) is 27.2 Å². The third-order valence-corrected chi connectivity index (χ3v) is 3.94. The van der Waals surface area contributed by atoms with Crippen LogP contribution < -0.4 is 0 Å². The Hall–Kier alpha value is -0.670. The quantitative estimate of drug-likeness (QED) is 0.694. The van der Waals surface area contributed by atoms with Crippen LogP contribution in [0.3, 0.4) is 0 Å². The van der Waals surface area contributed by atoms with Crippen LogP contribution in [0.2, 0.25) is 0 Å². The van der Waals surface area contributed by atoms with Gasteiger partial charge >= 0.3 is 0 Å². The topological polar surface area (TPSA) is 20.3 Å². The van der Waals surface area contributed by atoms with Crippen molar-refractivity contribution in [1.82, 2.24) is 4.90 Å². The first-order chi connectivity index (χ1) is 6.72. The number of halogens is 2. The highest BCUT2D eigenvalue weighted by Gasteiger charge is 2.62. The van der Waals surface area contributed by atoms with Gasteiger partial charge < -0.3 is 4.90 Å². The van der Waals surface area contributed by atoms with Crippen molar-refractivity contribution in [3.05, 3.63) is 0 Å². The normalized spacial score (nSPS) is 32.7. The first-order valence-electron chi connectivity index (χ1n) is 5.37. The first kappa shape index (κ1) is 10.8. The third-order valence-electron chi connectivity index (χ3n) is 3.94. The van der Waals surface area contributed by atoms with E-state index in [0.717, 1.165) is 6.92 Å². The van der Waals surface area contributed by atoms with Crippen LogP contribution in [0.25, 0.3) is 0 Å². The molecule has 1 aliphatic carbocycles. The highest BCUT2D eigenvalue weighted by Crippen LogP contribution is 2.62. The van der Waals surface area contributed by atoms with Crippen molar-refractivity contribution in [3.63, 3.8) is 0 Å². The zero-order valence-electron chi connectivity index (χ0n) is 9.39. The molecule has 0 spiro atoms. The Bertz CT molecular complexity index is 281. The van der Waals surface area contributed by atoms with Crippen molar-refractivity contribution in [3.8, 4) is 0 Å². The Balaban J connectivity index is 1.87. The van der Waals surface area contributed by atoms with Crippen LogP contribution in [0, 0.1) is 17.3 Å². The molecule has 0 N–H and O–H groups in total. The van der Waals surface area contributed by atoms with E-state index in [-0.39, 0.29) is 0 Å². The fourth-order valence-electron chi connectivity index (χ4n) is 2.71. The summed E-state index contributed by atoms with van der Waals surface area (Å²) in [6.45, 7) is 6.50. The van der Waals surface area contributed by atoms with E-state index in [2.05, 4.69) is 13.8 Å². The number of nitrogens with zero attached hydrogens (tertiary/aromatic N) is 1. The molecule has 2 fully saturated rings. The van der Waals surface area contributed by atoms with E-state index in [1.807, 2.05) is 0 Å². The minimum Gasteiger partial charge on any atom is -0.342 e. The van der Waals surface area contributed by atoms with Gasteiger partial charge in [0.1, 0.15) is 0 Å². The maximum absolute atomic E-state index is 12.6. The number of alkyl halides is 2. The molecule has 0 unspecified atom stereocenters. The molecule has 1 saturated carbocycles. The van der Waals surface area contributed by atoms with Gasteiger partial charge in [0.05, 0.1) is 6.42 Å². The molecule has 2 aliphatic rings. The largest absolute Gasteiger partial charge is 0.342 e. The maximum Gasteiger partial charge on any atom is 0.254 e. The lowest BCUT2D eigenvalue weighted by molar-refractivity contribution is -0.137. The van der Waals surface area contributed by atoms with Crippen LogP contribution >= 0.6 is 0 Å². The number of rotatable bonds is 2. The smallest absolute Gasteiger partial charge is 0.254 e. The van der Waals surface area contributed by atoms with Crippen LogP contribution in [-0.4, -0.2) is 29.8 Å². The summed E-state index contributed by atoms with van der Waals surface area (Å²) in [5.41, 5.74) is 0.325. The van der Waals surface area contributed by atoms with Gasteiger partial charge in [-0.05, 0) is 24.2 Å². The summed E-state index contributed by atoms with van der Waals surface area (Å²) in [7, 11) is 0. The van der Waals surface area contributed by atoms with Crippen molar-refractivity contribution < 1.29 is 13.6 Å². The van der Waals surface area contributed by atoms with E-state index < -0.39 is 18.3 Å². The predicted molar refractivity (Wildman–Crippen MR) is 52.6 cm³/mol. The number of amides is 1. The Morgan fingerprint density at radius 1 is 1.40 bits per heavy atom. The number of likely N-dealkylation sites (tertiary alicyclic amines) is 1. The second-order valence-corrected chi connectivity index (χ2v) is 5.58. The SMILES string of the molecule is CC(F)(F)CC(=O)N1C[C@H]2[C@H](C1)C2(C)C. The zero-order valence-corrected chi connectivity index (χ0v) is 9.39. The van der Waals surface area contributed by atoms with Crippen LogP contribution in [0.15, 0.2) is 0 Å². The predicted octanol–water partition coefficient (Wildman–Crippen LogP) is 2.15. The highest BCUT2D eigenvalue weighted by molar-refractivity contribution is 5.77. The van der Waals surface area contributed by atoms with Gasteiger partial charge in [0.15, 0.2) is 0 Å². The third kappa shape index (κ3) is 1.86. The number of fused-ring (bicyclic) bond motifs is 1. The van der Waals surface area contributed by atoms with E-state index in [1.165, 1.54) is 0 Å². The van der Waals surface area contributed by atoms with Gasteiger partial charge in [0, 0.05) is 13.1 Å². The van der Waals surface area contributed by atoms with Gasteiger partial charge in [-0.1, -0.05) is 13.8 Å². The Labute approximate surface area is 88.6 Å². The maximum atomic E-state index is 12.6. The second kappa shape index (κ2) is 2.92. The number of carbonyl (C=O) groups excluding carboxylic acids is 1. The molecular weight excluding hydrogens is 200 g/mol. The summed E-state index contributed by atoms with van der Waals surface area (Å²) in [6.07, 6.45) is -0.646. The number of carbonyl (C=O) groups is 1. The zero-order chi connectivity index (χ0) is 11.4. The van der Waals surface area contributed by atoms with Crippen molar-refractivity contribution in [2.45, 2.75) is 33.1 Å². The number of hydrogen-bond acceptors (Lipinski definition) is 1. The van der Waals surface area contributed by atoms with Crippen LogP contribution in [0.5, 0.6) is 0 Å². The molecule has 1 saturated heterocycles. The molecule has 86 valence electrons. The second-order valence-electron chi connectivity index (χ2n) is 5.58. The minimum absolute atomic E-state index is 0.325. The fourth-order valence-corrected chi connectivity index (χ4v) is 2.71. The van der Waals surface area contributed by atoms with Gasteiger partial charge in [0.25, 0.3) is 5.92 Å². The van der Waals surface area contributed by atoms with E-state index in [1.54, 1.807) is 4.90 Å². The molecule has 0 radical (unpaired) electrons. The summed E-state index contributed by atoms with van der Waals surface area (Å²) in [6, 6.07) is 0. The molecule has 1 aliphatic heterocycles. The number of piperidine rings is 1. The highest BCUT2D eigenvalue weighted by atomic mass is 19.3. The molecule has 4 heteroatoms. The van der Waals surface area contributed by atoms with E-state index >= 15 is 0 Å². The minimum atomic E-state index is -2.88. The molecule has 2 atom stereocenters. The van der Waals surface area contributed by atoms with Gasteiger partial charge in [-0.15, -0.1) is 0 Å². The summed E-state index contributed by atoms with van der Waals surface area (Å²) >= 11 is 0. The lowest BCUT2D eigenvalue weighted by atomic mass is 10.1. The summed E-state index contributed by atoms with van der Waals surface area (Å²) in [5.74, 6) is -2.20. The molecule has 0 aromatic carbocycles. The molecule has 0 aromatic heterocycles. The molecule has 0 bridgehead atoms. The van der Waals surface area contributed by atoms with Gasteiger partial charge in [-0.25, -0.2) is 8.78 Å². The van der Waals surface area contributed by atoms with E-state index in [4.69, 9.17) is 0 Å². The summed E-state index contributed by atoms with van der Waals surface area (Å²) in [4.78, 5) is 13.1. The molecule has 2 nitrogen and oxygen atoms in total. The molecule has 0 aromatic rings. The van der Waals surface area contributed by atoms with E-state index in [9.17, 15) is 13.6 Å². The molecular formula is C11H17F2NO. The molecule has 2 rings (SSSR count). The summed E-state index contributed by atoms with van der Waals surface area (Å²) in [5, 5.41) is 0. The monoisotopic (exact) mass is 217 g/mol. The van der Waals surface area contributed by atoms with Gasteiger partial charge in [0.2, 0.25) is 5.91 Å². The first-order valence-corrected chi connectivity index (χ1v) is 5.37. The molecule has 15 heavy (non-hydrogen) atoms. The van der Waals surface area contributed by atoms with Crippen molar-refractivity contribution >= 4 is 5.91 Å². The van der Waals surface area contributed by atoms with Gasteiger partial charge in [-0.3, -0.25) is 4.79 Å². The average Bonchev–Trinajstić information content (AvgIpc) is 2.47. The lowest BCUT2D eigenvalue weighted by Gasteiger charge is -2.23. The Morgan fingerprint density at radius 3 is 2.27 bits per heavy atom. The van der Waals surface area contributed by atoms with Crippen molar-refractivity contribution in [1.29, 1.82) is 0 Å². The summed E-state index contributed by atoms with van der Waals surface area (Å²) < 4.78 is 25.3. The van der Waals surface area contributed by atoms with Crippen LogP contribution in [-0.2, 0) is 4.79 Å². The fraction of sp³-hybridized carbons (Fsp3) is 0.909. The lowest BCUT2D eigenvalue weighted by Crippen LogP contribution is -2.35. The van der Waals surface area contributed by atoms with Crippen molar-refractivity contribution in [2.24, 2.45) is 17.3 Å². The Kier molecular flexibility index (Phi) is 2.11. The van der Waals surface area contributed by atoms with E-state index in [0.29, 0.717) is 30.3 Å². The van der Waals surface area contributed by atoms with Crippen LogP contribution in [0.4, 0.5) is 8.78 Å². The average molecular weight is 217 g/mol. The Morgan fingerprint density at radius 2 is 1.87 bits per heavy atom. The number of hydrogen-bond donors (Lipinski definition) is 0. The molecule has 1 heterocycles. The standard InChI is InChI=1S/C11H17F2NO/c1-10(2)7-5-14(6-8(7)10)9(15)4-11(3,12)13/h7-8H,4-6H2,1-3H3/t7-,8-/m0/s1.